The minimum absolute atomic E-state index is 0.238. The van der Waals surface area contributed by atoms with Crippen LogP contribution in [0.4, 0.5) is 5.82 Å². The lowest BCUT2D eigenvalue weighted by Gasteiger charge is -2.31. The van der Waals surface area contributed by atoms with Crippen molar-refractivity contribution < 1.29 is 8.42 Å². The molecule has 1 N–H and O–H groups in total. The summed E-state index contributed by atoms with van der Waals surface area (Å²) < 4.78 is 27.1. The van der Waals surface area contributed by atoms with Gasteiger partial charge in [-0.3, -0.25) is 0 Å². The lowest BCUT2D eigenvalue weighted by Crippen LogP contribution is -2.41. The van der Waals surface area contributed by atoms with Crippen molar-refractivity contribution in [3.63, 3.8) is 0 Å². The molecule has 0 aliphatic carbocycles. The molecule has 3 heterocycles. The standard InChI is InChI=1S/C19H23BClN5O2S/c1-29(27,28)25-8-4-5-13(12-25)10-22-18-9-17(14-6-2-3-7-16(14)21)24-19-15(20)11-23-26(18)19/h2-3,6-7,9,11,13,22H,4-5,8,10,12,20H2,1H3. The summed E-state index contributed by atoms with van der Waals surface area (Å²) in [5, 5.41) is 8.56. The quantitative estimate of drug-likeness (QED) is 0.618. The maximum Gasteiger partial charge on any atom is 0.211 e. The van der Waals surface area contributed by atoms with Gasteiger partial charge in [0.15, 0.2) is 5.65 Å². The normalized spacial score (nSPS) is 18.2. The van der Waals surface area contributed by atoms with E-state index in [9.17, 15) is 8.42 Å². The van der Waals surface area contributed by atoms with Crippen molar-refractivity contribution in [1.82, 2.24) is 18.9 Å². The average Bonchev–Trinajstić information content (AvgIpc) is 3.07. The summed E-state index contributed by atoms with van der Waals surface area (Å²) in [6.07, 6.45) is 4.92. The summed E-state index contributed by atoms with van der Waals surface area (Å²) in [4.78, 5) is 4.75. The van der Waals surface area contributed by atoms with E-state index in [-0.39, 0.29) is 5.92 Å². The molecule has 10 heteroatoms. The van der Waals surface area contributed by atoms with Gasteiger partial charge >= 0.3 is 0 Å². The number of rotatable bonds is 5. The van der Waals surface area contributed by atoms with Gasteiger partial charge in [-0.15, -0.1) is 0 Å². The molecule has 29 heavy (non-hydrogen) atoms. The minimum Gasteiger partial charge on any atom is -0.370 e. The molecule has 1 fully saturated rings. The van der Waals surface area contributed by atoms with Crippen LogP contribution in [0.15, 0.2) is 36.5 Å². The van der Waals surface area contributed by atoms with E-state index in [1.807, 2.05) is 38.2 Å². The molecule has 0 spiro atoms. The van der Waals surface area contributed by atoms with Crippen LogP contribution in [0.1, 0.15) is 12.8 Å². The summed E-state index contributed by atoms with van der Waals surface area (Å²) in [5.74, 6) is 1.05. The third kappa shape index (κ3) is 4.27. The zero-order valence-electron chi connectivity index (χ0n) is 16.5. The number of halogens is 1. The molecule has 2 aromatic heterocycles. The first-order valence-electron chi connectivity index (χ1n) is 9.62. The van der Waals surface area contributed by atoms with E-state index in [1.165, 1.54) is 6.26 Å². The number of hydrogen-bond donors (Lipinski definition) is 1. The predicted molar refractivity (Wildman–Crippen MR) is 119 cm³/mol. The molecule has 1 aliphatic rings. The third-order valence-electron chi connectivity index (χ3n) is 5.32. The topological polar surface area (TPSA) is 79.6 Å². The fourth-order valence-electron chi connectivity index (χ4n) is 3.75. The Balaban J connectivity index is 1.62. The van der Waals surface area contributed by atoms with Crippen molar-refractivity contribution in [2.45, 2.75) is 12.8 Å². The first-order chi connectivity index (χ1) is 13.8. The number of sulfonamides is 1. The summed E-state index contributed by atoms with van der Waals surface area (Å²) in [5.41, 5.74) is 3.38. The Bertz CT molecular complexity index is 1150. The number of nitrogens with zero attached hydrogens (tertiary/aromatic N) is 4. The number of fused-ring (bicyclic) bond motifs is 1. The second kappa shape index (κ2) is 7.97. The van der Waals surface area contributed by atoms with Crippen LogP contribution in [0.25, 0.3) is 16.9 Å². The van der Waals surface area contributed by atoms with Crippen LogP contribution in [0.5, 0.6) is 0 Å². The Morgan fingerprint density at radius 1 is 1.34 bits per heavy atom. The maximum atomic E-state index is 11.9. The number of nitrogens with one attached hydrogen (secondary N) is 1. The van der Waals surface area contributed by atoms with Crippen molar-refractivity contribution in [3.8, 4) is 11.3 Å². The van der Waals surface area contributed by atoms with E-state index >= 15 is 0 Å². The molecule has 1 aliphatic heterocycles. The predicted octanol–water partition coefficient (Wildman–Crippen LogP) is 1.39. The third-order valence-corrected chi connectivity index (χ3v) is 6.92. The first kappa shape index (κ1) is 20.2. The van der Waals surface area contributed by atoms with E-state index in [4.69, 9.17) is 16.6 Å². The molecule has 0 radical (unpaired) electrons. The molecule has 1 saturated heterocycles. The van der Waals surface area contributed by atoms with Gasteiger partial charge in [-0.25, -0.2) is 17.7 Å². The van der Waals surface area contributed by atoms with Crippen LogP contribution >= 0.6 is 11.6 Å². The van der Waals surface area contributed by atoms with E-state index in [2.05, 4.69) is 10.4 Å². The molecule has 7 nitrogen and oxygen atoms in total. The van der Waals surface area contributed by atoms with Crippen molar-refractivity contribution in [1.29, 1.82) is 0 Å². The van der Waals surface area contributed by atoms with Gasteiger partial charge in [0.25, 0.3) is 0 Å². The molecule has 3 aromatic rings. The smallest absolute Gasteiger partial charge is 0.211 e. The zero-order valence-corrected chi connectivity index (χ0v) is 18.0. The molecule has 0 amide bonds. The SMILES string of the molecule is Bc1cnn2c(NCC3CCCN(S(C)(=O)=O)C3)cc(-c3ccccc3Cl)nc12. The highest BCUT2D eigenvalue weighted by atomic mass is 35.5. The van der Waals surface area contributed by atoms with Gasteiger partial charge in [-0.2, -0.15) is 9.61 Å². The molecular weight excluding hydrogens is 409 g/mol. The molecule has 0 bridgehead atoms. The molecule has 0 saturated carbocycles. The first-order valence-corrected chi connectivity index (χ1v) is 11.8. The van der Waals surface area contributed by atoms with E-state index in [0.717, 1.165) is 41.0 Å². The maximum absolute atomic E-state index is 11.9. The van der Waals surface area contributed by atoms with Gasteiger partial charge in [0.1, 0.15) is 13.7 Å². The Morgan fingerprint density at radius 2 is 2.14 bits per heavy atom. The Kier molecular flexibility index (Phi) is 5.55. The van der Waals surface area contributed by atoms with Gasteiger partial charge in [0.2, 0.25) is 10.0 Å². The largest absolute Gasteiger partial charge is 0.370 e. The lowest BCUT2D eigenvalue weighted by molar-refractivity contribution is 0.276. The summed E-state index contributed by atoms with van der Waals surface area (Å²) in [6, 6.07) is 9.57. The molecule has 1 unspecified atom stereocenters. The molecule has 1 atom stereocenters. The summed E-state index contributed by atoms with van der Waals surface area (Å²) in [6.45, 7) is 1.80. The second-order valence-electron chi connectivity index (χ2n) is 7.58. The summed E-state index contributed by atoms with van der Waals surface area (Å²) in [7, 11) is -1.18. The van der Waals surface area contributed by atoms with Gasteiger partial charge in [0, 0.05) is 42.5 Å². The Hall–Kier alpha value is -2.10. The van der Waals surface area contributed by atoms with Gasteiger partial charge in [-0.05, 0) is 30.3 Å². The van der Waals surface area contributed by atoms with Gasteiger partial charge in [0.05, 0.1) is 11.9 Å². The van der Waals surface area contributed by atoms with Crippen molar-refractivity contribution >= 4 is 46.4 Å². The molecule has 1 aromatic carbocycles. The fourth-order valence-corrected chi connectivity index (χ4v) is 4.92. The average molecular weight is 432 g/mol. The van der Waals surface area contributed by atoms with Crippen molar-refractivity contribution in [2.75, 3.05) is 31.2 Å². The van der Waals surface area contributed by atoms with Crippen molar-refractivity contribution in [2.24, 2.45) is 5.92 Å². The van der Waals surface area contributed by atoms with Gasteiger partial charge in [-0.1, -0.05) is 29.8 Å². The van der Waals surface area contributed by atoms with Crippen LogP contribution in [0.3, 0.4) is 0 Å². The second-order valence-corrected chi connectivity index (χ2v) is 9.97. The molecule has 4 rings (SSSR count). The highest BCUT2D eigenvalue weighted by Gasteiger charge is 2.26. The zero-order chi connectivity index (χ0) is 20.6. The fraction of sp³-hybridized carbons (Fsp3) is 0.368. The monoisotopic (exact) mass is 431 g/mol. The number of anilines is 1. The highest BCUT2D eigenvalue weighted by molar-refractivity contribution is 7.88. The molecular formula is C19H23BClN5O2S. The van der Waals surface area contributed by atoms with Crippen LogP contribution in [0.2, 0.25) is 5.02 Å². The van der Waals surface area contributed by atoms with Crippen LogP contribution in [0, 0.1) is 5.92 Å². The number of piperidine rings is 1. The molecule has 152 valence electrons. The van der Waals surface area contributed by atoms with E-state index in [0.29, 0.717) is 24.7 Å². The van der Waals surface area contributed by atoms with Crippen LogP contribution < -0.4 is 10.8 Å². The summed E-state index contributed by atoms with van der Waals surface area (Å²) >= 11 is 6.39. The number of aromatic nitrogens is 3. The lowest BCUT2D eigenvalue weighted by atomic mass is 9.99. The van der Waals surface area contributed by atoms with E-state index < -0.39 is 10.0 Å². The van der Waals surface area contributed by atoms with Gasteiger partial charge < -0.3 is 5.32 Å². The number of benzene rings is 1. The van der Waals surface area contributed by atoms with Crippen LogP contribution in [-0.2, 0) is 10.0 Å². The number of hydrogen-bond acceptors (Lipinski definition) is 5. The van der Waals surface area contributed by atoms with Crippen LogP contribution in [-0.4, -0.2) is 61.1 Å². The van der Waals surface area contributed by atoms with Crippen molar-refractivity contribution in [3.05, 3.63) is 41.6 Å². The Morgan fingerprint density at radius 3 is 2.90 bits per heavy atom. The highest BCUT2D eigenvalue weighted by Crippen LogP contribution is 2.28. The minimum atomic E-state index is -3.16. The van der Waals surface area contributed by atoms with E-state index in [1.54, 1.807) is 15.0 Å². The Labute approximate surface area is 176 Å².